The number of nitrogens with one attached hydrogen (secondary N) is 1. The van der Waals surface area contributed by atoms with Crippen molar-refractivity contribution < 1.29 is 14.2 Å². The Morgan fingerprint density at radius 1 is 1.12 bits per heavy atom. The third-order valence-corrected chi connectivity index (χ3v) is 4.18. The molecule has 1 fully saturated rings. The molecule has 1 aliphatic rings. The highest BCUT2D eigenvalue weighted by Gasteiger charge is 2.24. The maximum atomic E-state index is 5.42. The Morgan fingerprint density at radius 3 is 2.56 bits per heavy atom. The highest BCUT2D eigenvalue weighted by molar-refractivity contribution is 5.57. The molecular formula is C18H24N4O3. The van der Waals surface area contributed by atoms with Crippen LogP contribution in [0.15, 0.2) is 30.6 Å². The molecular weight excluding hydrogens is 320 g/mol. The van der Waals surface area contributed by atoms with Crippen molar-refractivity contribution in [2.45, 2.75) is 19.4 Å². The van der Waals surface area contributed by atoms with Gasteiger partial charge in [0.2, 0.25) is 5.88 Å². The zero-order valence-electron chi connectivity index (χ0n) is 14.9. The van der Waals surface area contributed by atoms with Crippen molar-refractivity contribution in [1.29, 1.82) is 0 Å². The molecule has 1 aromatic carbocycles. The van der Waals surface area contributed by atoms with Gasteiger partial charge in [0.25, 0.3) is 0 Å². The molecule has 7 heteroatoms. The van der Waals surface area contributed by atoms with Gasteiger partial charge < -0.3 is 24.4 Å². The minimum Gasteiger partial charge on any atom is -0.497 e. The summed E-state index contributed by atoms with van der Waals surface area (Å²) in [5.41, 5.74) is 1.10. The monoisotopic (exact) mass is 344 g/mol. The zero-order valence-corrected chi connectivity index (χ0v) is 14.9. The first-order chi connectivity index (χ1) is 12.2. The second-order valence-corrected chi connectivity index (χ2v) is 5.82. The van der Waals surface area contributed by atoms with E-state index in [1.54, 1.807) is 14.2 Å². The number of benzene rings is 1. The Balaban J connectivity index is 1.66. The fraction of sp³-hybridized carbons (Fsp3) is 0.444. The molecule has 25 heavy (non-hydrogen) atoms. The van der Waals surface area contributed by atoms with E-state index in [-0.39, 0.29) is 0 Å². The van der Waals surface area contributed by atoms with E-state index in [2.05, 4.69) is 20.2 Å². The molecule has 1 atom stereocenters. The number of methoxy groups -OCH3 is 2. The van der Waals surface area contributed by atoms with Crippen molar-refractivity contribution in [2.24, 2.45) is 0 Å². The van der Waals surface area contributed by atoms with Crippen molar-refractivity contribution in [3.8, 4) is 17.4 Å². The summed E-state index contributed by atoms with van der Waals surface area (Å²) in [6.45, 7) is 4.36. The lowest BCUT2D eigenvalue weighted by molar-refractivity contribution is 0.326. The molecule has 0 spiro atoms. The van der Waals surface area contributed by atoms with Crippen LogP contribution in [0.4, 0.5) is 11.5 Å². The fourth-order valence-corrected chi connectivity index (χ4v) is 2.94. The number of nitrogens with zero attached hydrogens (tertiary/aromatic N) is 3. The number of rotatable bonds is 7. The van der Waals surface area contributed by atoms with Crippen LogP contribution in [0.5, 0.6) is 17.4 Å². The van der Waals surface area contributed by atoms with Gasteiger partial charge in [-0.15, -0.1) is 0 Å². The van der Waals surface area contributed by atoms with Gasteiger partial charge in [0.05, 0.1) is 20.8 Å². The number of aromatic nitrogens is 2. The summed E-state index contributed by atoms with van der Waals surface area (Å²) in [5.74, 6) is 2.96. The van der Waals surface area contributed by atoms with Crippen LogP contribution in [-0.2, 0) is 0 Å². The molecule has 3 rings (SSSR count). The van der Waals surface area contributed by atoms with Crippen LogP contribution in [0.25, 0.3) is 0 Å². The molecule has 1 unspecified atom stereocenters. The van der Waals surface area contributed by atoms with Crippen LogP contribution in [0, 0.1) is 0 Å². The van der Waals surface area contributed by atoms with Gasteiger partial charge >= 0.3 is 0 Å². The number of ether oxygens (including phenoxy) is 3. The van der Waals surface area contributed by atoms with Gasteiger partial charge in [-0.1, -0.05) is 0 Å². The van der Waals surface area contributed by atoms with Crippen LogP contribution < -0.4 is 24.4 Å². The van der Waals surface area contributed by atoms with Crippen molar-refractivity contribution in [2.75, 3.05) is 44.1 Å². The van der Waals surface area contributed by atoms with Crippen LogP contribution in [-0.4, -0.2) is 49.9 Å². The second kappa shape index (κ2) is 7.92. The van der Waals surface area contributed by atoms with E-state index in [1.165, 1.54) is 6.33 Å². The Kier molecular flexibility index (Phi) is 5.42. The molecule has 0 amide bonds. The molecule has 0 aliphatic carbocycles. The van der Waals surface area contributed by atoms with Gasteiger partial charge in [0, 0.05) is 49.1 Å². The summed E-state index contributed by atoms with van der Waals surface area (Å²) in [7, 11) is 3.33. The summed E-state index contributed by atoms with van der Waals surface area (Å²) in [6.07, 6.45) is 2.54. The first-order valence-corrected chi connectivity index (χ1v) is 8.41. The minimum atomic E-state index is 0.307. The SMILES string of the molecule is CCOc1cc(NC2CCN(c3cc(OC)cc(OC)c3)C2)ncn1. The minimum absolute atomic E-state index is 0.307. The number of anilines is 2. The maximum Gasteiger partial charge on any atom is 0.218 e. The van der Waals surface area contributed by atoms with Crippen molar-refractivity contribution in [1.82, 2.24) is 9.97 Å². The summed E-state index contributed by atoms with van der Waals surface area (Å²) in [6, 6.07) is 8.08. The highest BCUT2D eigenvalue weighted by Crippen LogP contribution is 2.31. The average molecular weight is 344 g/mol. The van der Waals surface area contributed by atoms with Gasteiger partial charge in [0.15, 0.2) is 0 Å². The molecule has 0 saturated carbocycles. The molecule has 2 heterocycles. The molecule has 0 bridgehead atoms. The molecule has 1 N–H and O–H groups in total. The first kappa shape index (κ1) is 17.1. The third-order valence-electron chi connectivity index (χ3n) is 4.18. The zero-order chi connectivity index (χ0) is 17.6. The molecule has 0 radical (unpaired) electrons. The fourth-order valence-electron chi connectivity index (χ4n) is 2.94. The van der Waals surface area contributed by atoms with Crippen LogP contribution in [0.2, 0.25) is 0 Å². The Labute approximate surface area is 147 Å². The van der Waals surface area contributed by atoms with E-state index < -0.39 is 0 Å². The number of hydrogen-bond acceptors (Lipinski definition) is 7. The lowest BCUT2D eigenvalue weighted by Crippen LogP contribution is -2.26. The van der Waals surface area contributed by atoms with E-state index in [0.29, 0.717) is 18.5 Å². The van der Waals surface area contributed by atoms with E-state index in [4.69, 9.17) is 14.2 Å². The Hall–Kier alpha value is -2.70. The molecule has 134 valence electrons. The lowest BCUT2D eigenvalue weighted by Gasteiger charge is -2.20. The van der Waals surface area contributed by atoms with Crippen molar-refractivity contribution in [3.05, 3.63) is 30.6 Å². The van der Waals surface area contributed by atoms with Crippen molar-refractivity contribution in [3.63, 3.8) is 0 Å². The van der Waals surface area contributed by atoms with Gasteiger partial charge in [-0.2, -0.15) is 0 Å². The van der Waals surface area contributed by atoms with E-state index in [1.807, 2.05) is 31.2 Å². The van der Waals surface area contributed by atoms with Gasteiger partial charge in [-0.05, 0) is 13.3 Å². The highest BCUT2D eigenvalue weighted by atomic mass is 16.5. The third kappa shape index (κ3) is 4.23. The van der Waals surface area contributed by atoms with Gasteiger partial charge in [-0.25, -0.2) is 9.97 Å². The van der Waals surface area contributed by atoms with E-state index in [0.717, 1.165) is 42.5 Å². The smallest absolute Gasteiger partial charge is 0.218 e. The number of hydrogen-bond donors (Lipinski definition) is 1. The van der Waals surface area contributed by atoms with Gasteiger partial charge in [-0.3, -0.25) is 0 Å². The van der Waals surface area contributed by atoms with Crippen LogP contribution >= 0.6 is 0 Å². The quantitative estimate of drug-likeness (QED) is 0.828. The summed E-state index contributed by atoms with van der Waals surface area (Å²) in [4.78, 5) is 10.7. The molecule has 2 aromatic rings. The van der Waals surface area contributed by atoms with Crippen LogP contribution in [0.1, 0.15) is 13.3 Å². The van der Waals surface area contributed by atoms with Gasteiger partial charge in [0.1, 0.15) is 23.6 Å². The Morgan fingerprint density at radius 2 is 1.88 bits per heavy atom. The Bertz CT molecular complexity index is 688. The largest absolute Gasteiger partial charge is 0.497 e. The molecule has 1 saturated heterocycles. The van der Waals surface area contributed by atoms with Crippen molar-refractivity contribution >= 4 is 11.5 Å². The predicted octanol–water partition coefficient (Wildman–Crippen LogP) is 2.58. The second-order valence-electron chi connectivity index (χ2n) is 5.82. The molecule has 1 aromatic heterocycles. The summed E-state index contributed by atoms with van der Waals surface area (Å²) in [5, 5.41) is 3.46. The topological polar surface area (TPSA) is 68.7 Å². The lowest BCUT2D eigenvalue weighted by atomic mass is 10.2. The van der Waals surface area contributed by atoms with E-state index in [9.17, 15) is 0 Å². The van der Waals surface area contributed by atoms with Crippen LogP contribution in [0.3, 0.4) is 0 Å². The predicted molar refractivity (Wildman–Crippen MR) is 97.0 cm³/mol. The normalized spacial score (nSPS) is 16.6. The van der Waals surface area contributed by atoms with E-state index >= 15 is 0 Å². The standard InChI is InChI=1S/C18H24N4O3/c1-4-25-18-10-17(19-12-20-18)21-13-5-6-22(11-13)14-7-15(23-2)9-16(8-14)24-3/h7-10,12-13H,4-6,11H2,1-3H3,(H,19,20,21). The first-order valence-electron chi connectivity index (χ1n) is 8.41. The summed E-state index contributed by atoms with van der Waals surface area (Å²) >= 11 is 0. The summed E-state index contributed by atoms with van der Waals surface area (Å²) < 4.78 is 16.1. The molecule has 1 aliphatic heterocycles. The molecule has 7 nitrogen and oxygen atoms in total. The maximum absolute atomic E-state index is 5.42. The average Bonchev–Trinajstić information content (AvgIpc) is 3.10.